The second kappa shape index (κ2) is 12.2. The van der Waals surface area contributed by atoms with E-state index in [0.717, 1.165) is 17.5 Å². The van der Waals surface area contributed by atoms with Crippen molar-refractivity contribution in [3.8, 4) is 11.1 Å². The Bertz CT molecular complexity index is 961. The largest absolute Gasteiger partial charge is 0.481 e. The zero-order chi connectivity index (χ0) is 24.5. The average Bonchev–Trinajstić information content (AvgIpc) is 3.14. The third-order valence-electron chi connectivity index (χ3n) is 6.35. The summed E-state index contributed by atoms with van der Waals surface area (Å²) in [5.41, 5.74) is 4.66. The summed E-state index contributed by atoms with van der Waals surface area (Å²) in [7, 11) is 0. The Morgan fingerprint density at radius 2 is 1.59 bits per heavy atom. The summed E-state index contributed by atoms with van der Waals surface area (Å²) in [4.78, 5) is 35.8. The molecule has 0 aromatic heterocycles. The van der Waals surface area contributed by atoms with Crippen molar-refractivity contribution in [3.05, 3.63) is 59.7 Å². The van der Waals surface area contributed by atoms with Crippen LogP contribution in [-0.2, 0) is 14.3 Å². The third kappa shape index (κ3) is 6.59. The molecule has 2 aromatic rings. The Labute approximate surface area is 200 Å². The maximum absolute atomic E-state index is 12.4. The first-order valence-corrected chi connectivity index (χ1v) is 12.0. The van der Waals surface area contributed by atoms with E-state index in [-0.39, 0.29) is 43.2 Å². The fourth-order valence-corrected chi connectivity index (χ4v) is 4.57. The van der Waals surface area contributed by atoms with Crippen LogP contribution in [0.1, 0.15) is 63.0 Å². The van der Waals surface area contributed by atoms with Gasteiger partial charge in [-0.1, -0.05) is 75.2 Å². The van der Waals surface area contributed by atoms with E-state index in [1.807, 2.05) is 38.1 Å². The standard InChI is InChI=1S/C27H34N2O5/c1-3-9-19(15-26(31)32)29-25(30)14-18(4-2)16-28-27(33)34-17-24-22-12-7-5-10-20(22)21-11-6-8-13-23(21)24/h5-8,10-13,18-19,24H,3-4,9,14-17H2,1-2H3,(H,28,33)(H,29,30)(H,31,32)/t18?,19-/m1/s1. The highest BCUT2D eigenvalue weighted by molar-refractivity contribution is 5.79. The highest BCUT2D eigenvalue weighted by atomic mass is 16.5. The number of benzene rings is 2. The lowest BCUT2D eigenvalue weighted by Crippen LogP contribution is -2.39. The number of fused-ring (bicyclic) bond motifs is 3. The van der Waals surface area contributed by atoms with Crippen molar-refractivity contribution < 1.29 is 24.2 Å². The van der Waals surface area contributed by atoms with Gasteiger partial charge in [0.1, 0.15) is 6.61 Å². The lowest BCUT2D eigenvalue weighted by atomic mass is 9.98. The Balaban J connectivity index is 1.48. The molecule has 34 heavy (non-hydrogen) atoms. The van der Waals surface area contributed by atoms with Gasteiger partial charge in [-0.25, -0.2) is 4.79 Å². The monoisotopic (exact) mass is 466 g/mol. The average molecular weight is 467 g/mol. The van der Waals surface area contributed by atoms with E-state index in [4.69, 9.17) is 9.84 Å². The molecule has 2 amide bonds. The molecule has 0 spiro atoms. The maximum atomic E-state index is 12.4. The summed E-state index contributed by atoms with van der Waals surface area (Å²) in [6, 6.07) is 16.0. The molecule has 3 rings (SSSR count). The number of hydrogen-bond acceptors (Lipinski definition) is 4. The van der Waals surface area contributed by atoms with Gasteiger partial charge in [0.15, 0.2) is 0 Å². The van der Waals surface area contributed by atoms with Gasteiger partial charge in [-0.15, -0.1) is 0 Å². The van der Waals surface area contributed by atoms with E-state index < -0.39 is 12.1 Å². The molecule has 0 saturated heterocycles. The van der Waals surface area contributed by atoms with Gasteiger partial charge in [0.2, 0.25) is 5.91 Å². The van der Waals surface area contributed by atoms with Crippen LogP contribution >= 0.6 is 0 Å². The molecule has 0 heterocycles. The topological polar surface area (TPSA) is 105 Å². The molecule has 182 valence electrons. The van der Waals surface area contributed by atoms with Crippen molar-refractivity contribution >= 4 is 18.0 Å². The van der Waals surface area contributed by atoms with Gasteiger partial charge in [0.05, 0.1) is 6.42 Å². The molecule has 1 aliphatic carbocycles. The number of ether oxygens (including phenoxy) is 1. The molecule has 0 saturated carbocycles. The minimum absolute atomic E-state index is 0.00404. The number of carboxylic acids is 1. The van der Waals surface area contributed by atoms with Crippen LogP contribution in [0, 0.1) is 5.92 Å². The van der Waals surface area contributed by atoms with E-state index in [1.54, 1.807) is 0 Å². The van der Waals surface area contributed by atoms with E-state index >= 15 is 0 Å². The van der Waals surface area contributed by atoms with E-state index in [1.165, 1.54) is 11.1 Å². The first-order chi connectivity index (χ1) is 16.4. The van der Waals surface area contributed by atoms with Crippen molar-refractivity contribution in [3.63, 3.8) is 0 Å². The zero-order valence-electron chi connectivity index (χ0n) is 19.9. The molecule has 0 bridgehead atoms. The molecule has 7 nitrogen and oxygen atoms in total. The molecule has 0 fully saturated rings. The summed E-state index contributed by atoms with van der Waals surface area (Å²) in [5.74, 6) is -1.19. The molecule has 7 heteroatoms. The number of carbonyl (C=O) groups is 3. The third-order valence-corrected chi connectivity index (χ3v) is 6.35. The minimum Gasteiger partial charge on any atom is -0.481 e. The van der Waals surface area contributed by atoms with Crippen molar-refractivity contribution in [2.45, 2.75) is 57.9 Å². The van der Waals surface area contributed by atoms with Crippen molar-refractivity contribution in [1.29, 1.82) is 0 Å². The molecular weight excluding hydrogens is 432 g/mol. The predicted molar refractivity (Wildman–Crippen MR) is 131 cm³/mol. The summed E-state index contributed by atoms with van der Waals surface area (Å²) in [5, 5.41) is 14.6. The van der Waals surface area contributed by atoms with Crippen LogP contribution in [-0.4, -0.2) is 42.3 Å². The Morgan fingerprint density at radius 3 is 2.15 bits per heavy atom. The van der Waals surface area contributed by atoms with Crippen molar-refractivity contribution in [1.82, 2.24) is 10.6 Å². The predicted octanol–water partition coefficient (Wildman–Crippen LogP) is 4.70. The number of amides is 2. The number of carbonyl (C=O) groups excluding carboxylic acids is 2. The number of rotatable bonds is 12. The first-order valence-electron chi connectivity index (χ1n) is 12.0. The van der Waals surface area contributed by atoms with Crippen LogP contribution in [0.4, 0.5) is 4.79 Å². The van der Waals surface area contributed by atoms with Crippen LogP contribution < -0.4 is 10.6 Å². The fraction of sp³-hybridized carbons (Fsp3) is 0.444. The molecule has 3 N–H and O–H groups in total. The molecule has 1 unspecified atom stereocenters. The fourth-order valence-electron chi connectivity index (χ4n) is 4.57. The van der Waals surface area contributed by atoms with Crippen LogP contribution in [0.5, 0.6) is 0 Å². The van der Waals surface area contributed by atoms with Crippen LogP contribution in [0.3, 0.4) is 0 Å². The van der Waals surface area contributed by atoms with Gasteiger partial charge < -0.3 is 20.5 Å². The highest BCUT2D eigenvalue weighted by Gasteiger charge is 2.29. The van der Waals surface area contributed by atoms with E-state index in [2.05, 4.69) is 34.9 Å². The Hall–Kier alpha value is -3.35. The van der Waals surface area contributed by atoms with Gasteiger partial charge >= 0.3 is 12.1 Å². The molecule has 2 aromatic carbocycles. The summed E-state index contributed by atoms with van der Waals surface area (Å²) in [6.45, 7) is 4.47. The van der Waals surface area contributed by atoms with Gasteiger partial charge in [-0.2, -0.15) is 0 Å². The quantitative estimate of drug-likeness (QED) is 0.421. The van der Waals surface area contributed by atoms with Crippen molar-refractivity contribution in [2.75, 3.05) is 13.2 Å². The maximum Gasteiger partial charge on any atom is 0.407 e. The molecule has 0 radical (unpaired) electrons. The zero-order valence-corrected chi connectivity index (χ0v) is 19.9. The SMILES string of the molecule is CCC[C@H](CC(=O)O)NC(=O)CC(CC)CNC(=O)OCC1c2ccccc2-c2ccccc21. The summed E-state index contributed by atoms with van der Waals surface area (Å²) >= 11 is 0. The van der Waals surface area contributed by atoms with E-state index in [0.29, 0.717) is 19.4 Å². The summed E-state index contributed by atoms with van der Waals surface area (Å²) < 4.78 is 5.56. The molecular formula is C27H34N2O5. The lowest BCUT2D eigenvalue weighted by molar-refractivity contribution is -0.137. The number of hydrogen-bond donors (Lipinski definition) is 3. The Kier molecular flexibility index (Phi) is 9.08. The lowest BCUT2D eigenvalue weighted by Gasteiger charge is -2.20. The minimum atomic E-state index is -0.928. The highest BCUT2D eigenvalue weighted by Crippen LogP contribution is 2.44. The smallest absolute Gasteiger partial charge is 0.407 e. The molecule has 1 aliphatic rings. The van der Waals surface area contributed by atoms with Crippen LogP contribution in [0.2, 0.25) is 0 Å². The van der Waals surface area contributed by atoms with Crippen LogP contribution in [0.15, 0.2) is 48.5 Å². The molecule has 0 aliphatic heterocycles. The first kappa shape index (κ1) is 25.3. The van der Waals surface area contributed by atoms with Gasteiger partial charge in [-0.3, -0.25) is 9.59 Å². The number of aliphatic carboxylic acids is 1. The van der Waals surface area contributed by atoms with Gasteiger partial charge in [0, 0.05) is 24.9 Å². The Morgan fingerprint density at radius 1 is 0.971 bits per heavy atom. The number of alkyl carbamates (subject to hydrolysis) is 1. The number of nitrogens with one attached hydrogen (secondary N) is 2. The number of carboxylic acid groups (broad SMARTS) is 1. The molecule has 2 atom stereocenters. The van der Waals surface area contributed by atoms with Gasteiger partial charge in [0.25, 0.3) is 0 Å². The second-order valence-corrected chi connectivity index (χ2v) is 8.84. The van der Waals surface area contributed by atoms with Crippen LogP contribution in [0.25, 0.3) is 11.1 Å². The normalized spacial score (nSPS) is 13.9. The summed E-state index contributed by atoms with van der Waals surface area (Å²) in [6.07, 6.45) is 1.74. The van der Waals surface area contributed by atoms with Gasteiger partial charge in [-0.05, 0) is 34.6 Å². The van der Waals surface area contributed by atoms with Crippen molar-refractivity contribution in [2.24, 2.45) is 5.92 Å². The van der Waals surface area contributed by atoms with E-state index in [9.17, 15) is 14.4 Å². The second-order valence-electron chi connectivity index (χ2n) is 8.84.